The van der Waals surface area contributed by atoms with E-state index >= 15 is 0 Å². The normalized spacial score (nSPS) is 53.9. The number of hydrogen-bond acceptors (Lipinski definition) is 3. The maximum Gasteiger partial charge on any atom is 0.105 e. The van der Waals surface area contributed by atoms with Crippen LogP contribution < -0.4 is 0 Å². The van der Waals surface area contributed by atoms with Crippen molar-refractivity contribution in [3.8, 4) is 0 Å². The summed E-state index contributed by atoms with van der Waals surface area (Å²) in [4.78, 5) is 0. The first-order valence-electron chi connectivity index (χ1n) is 13.3. The number of aliphatic hydroxyl groups is 2. The van der Waals surface area contributed by atoms with Gasteiger partial charge in [-0.25, -0.2) is 0 Å². The van der Waals surface area contributed by atoms with E-state index in [0.717, 1.165) is 30.6 Å². The molecule has 0 aromatic rings. The van der Waals surface area contributed by atoms with E-state index in [9.17, 15) is 10.2 Å². The van der Waals surface area contributed by atoms with Gasteiger partial charge in [-0.3, -0.25) is 0 Å². The lowest BCUT2D eigenvalue weighted by Crippen LogP contribution is -2.64. The topological polar surface area (TPSA) is 53.0 Å². The van der Waals surface area contributed by atoms with Crippen LogP contribution in [0.4, 0.5) is 0 Å². The van der Waals surface area contributed by atoms with Gasteiger partial charge in [0, 0.05) is 11.8 Å². The summed E-state index contributed by atoms with van der Waals surface area (Å²) < 4.78 is 6.42. The van der Waals surface area contributed by atoms with Crippen LogP contribution in [0, 0.1) is 46.3 Å². The number of rotatable bonds is 5. The highest BCUT2D eigenvalue weighted by atomic mass is 16.6. The Morgan fingerprint density at radius 1 is 1.06 bits per heavy atom. The lowest BCUT2D eigenvalue weighted by atomic mass is 9.43. The van der Waals surface area contributed by atoms with Gasteiger partial charge in [0.1, 0.15) is 5.60 Å². The maximum absolute atomic E-state index is 11.2. The van der Waals surface area contributed by atoms with Crippen LogP contribution in [-0.2, 0) is 4.74 Å². The van der Waals surface area contributed by atoms with Crippen LogP contribution in [-0.4, -0.2) is 34.1 Å². The van der Waals surface area contributed by atoms with E-state index < -0.39 is 12.2 Å². The van der Waals surface area contributed by atoms with Crippen molar-refractivity contribution in [3.05, 3.63) is 12.2 Å². The van der Waals surface area contributed by atoms with Gasteiger partial charge in [0.05, 0.1) is 18.3 Å². The molecule has 4 aliphatic carbocycles. The molecule has 1 aliphatic heterocycles. The average Bonchev–Trinajstić information content (AvgIpc) is 3.27. The molecule has 0 aromatic carbocycles. The number of epoxide rings is 1. The first kappa shape index (κ1) is 22.4. The Bertz CT molecular complexity index is 732. The Balaban J connectivity index is 1.35. The van der Waals surface area contributed by atoms with Crippen LogP contribution in [0.2, 0.25) is 0 Å². The molecule has 0 aromatic heterocycles. The van der Waals surface area contributed by atoms with E-state index in [2.05, 4.69) is 41.2 Å². The van der Waals surface area contributed by atoms with Crippen molar-refractivity contribution in [1.82, 2.24) is 0 Å². The smallest absolute Gasteiger partial charge is 0.105 e. The van der Waals surface area contributed by atoms with Gasteiger partial charge in [0.15, 0.2) is 0 Å². The summed E-state index contributed by atoms with van der Waals surface area (Å²) in [5, 5.41) is 21.6. The van der Waals surface area contributed by atoms with Crippen molar-refractivity contribution in [2.75, 3.05) is 0 Å². The summed E-state index contributed by atoms with van der Waals surface area (Å²) >= 11 is 0. The van der Waals surface area contributed by atoms with Crippen molar-refractivity contribution in [2.45, 2.75) is 116 Å². The Labute approximate surface area is 190 Å². The van der Waals surface area contributed by atoms with Gasteiger partial charge in [0.25, 0.3) is 0 Å². The fourth-order valence-electron chi connectivity index (χ4n) is 9.60. The molecule has 1 saturated heterocycles. The molecule has 0 unspecified atom stereocenters. The first-order valence-corrected chi connectivity index (χ1v) is 13.3. The highest BCUT2D eigenvalue weighted by Gasteiger charge is 2.78. The SMILES string of the molecule is C=C(CC[C@@H](C)[C@H]1CC[C@H]2[C@@H]3C[C@@H]4O[C@@]45C[C@@H](O)C[C@H](O)[C@]5(C)[C@H]3CC[C@]12C)C(C)C. The van der Waals surface area contributed by atoms with Gasteiger partial charge >= 0.3 is 0 Å². The minimum absolute atomic E-state index is 0.181. The van der Waals surface area contributed by atoms with Crippen LogP contribution in [0.5, 0.6) is 0 Å². The summed E-state index contributed by atoms with van der Waals surface area (Å²) in [6.45, 7) is 16.3. The third kappa shape index (κ3) is 3.01. The second kappa shape index (κ2) is 7.31. The molecule has 0 amide bonds. The molecule has 5 rings (SSSR count). The van der Waals surface area contributed by atoms with Crippen molar-refractivity contribution < 1.29 is 14.9 Å². The summed E-state index contributed by atoms with van der Waals surface area (Å²) in [5.74, 6) is 4.16. The summed E-state index contributed by atoms with van der Waals surface area (Å²) in [6, 6.07) is 0. The molecule has 0 bridgehead atoms. The third-order valence-electron chi connectivity index (χ3n) is 11.6. The molecular weight excluding hydrogens is 384 g/mol. The highest BCUT2D eigenvalue weighted by Crippen LogP contribution is 2.74. The molecule has 5 aliphatic rings. The number of allylic oxidation sites excluding steroid dienone is 1. The molecule has 1 spiro atoms. The molecule has 176 valence electrons. The largest absolute Gasteiger partial charge is 0.393 e. The van der Waals surface area contributed by atoms with E-state index in [1.807, 2.05) is 0 Å². The predicted molar refractivity (Wildman–Crippen MR) is 124 cm³/mol. The average molecular weight is 431 g/mol. The zero-order valence-electron chi connectivity index (χ0n) is 20.6. The second-order valence-corrected chi connectivity index (χ2v) is 13.1. The Kier molecular flexibility index (Phi) is 5.28. The number of ether oxygens (including phenoxy) is 1. The fourth-order valence-corrected chi connectivity index (χ4v) is 9.60. The first-order chi connectivity index (χ1) is 14.5. The van der Waals surface area contributed by atoms with Gasteiger partial charge in [-0.15, -0.1) is 0 Å². The Morgan fingerprint density at radius 2 is 1.81 bits per heavy atom. The van der Waals surface area contributed by atoms with Crippen molar-refractivity contribution in [2.24, 2.45) is 46.3 Å². The van der Waals surface area contributed by atoms with Crippen molar-refractivity contribution in [3.63, 3.8) is 0 Å². The standard InChI is InChI=1S/C28H46O3/c1-16(2)17(3)7-8-18(4)21-9-10-22-20-14-25-28(31-25)15-19(29)13-24(30)27(28,6)23(20)11-12-26(21,22)5/h16,18-25,29-30H,3,7-15H2,1-2,4-6H3/t18-,19+,20+,21-,22+,23+,24+,25+,26-,27+,28+/m1/s1. The fraction of sp³-hybridized carbons (Fsp3) is 0.929. The molecule has 4 saturated carbocycles. The van der Waals surface area contributed by atoms with E-state index in [-0.39, 0.29) is 17.1 Å². The van der Waals surface area contributed by atoms with Gasteiger partial charge in [-0.1, -0.05) is 46.8 Å². The zero-order valence-corrected chi connectivity index (χ0v) is 20.6. The Morgan fingerprint density at radius 3 is 2.52 bits per heavy atom. The number of fused-ring (bicyclic) bond motifs is 4. The maximum atomic E-state index is 11.2. The molecule has 3 heteroatoms. The van der Waals surface area contributed by atoms with Crippen LogP contribution in [0.15, 0.2) is 12.2 Å². The van der Waals surface area contributed by atoms with Crippen LogP contribution in [0.3, 0.4) is 0 Å². The number of hydrogen-bond donors (Lipinski definition) is 2. The van der Waals surface area contributed by atoms with Gasteiger partial charge < -0.3 is 14.9 Å². The highest BCUT2D eigenvalue weighted by molar-refractivity contribution is 5.26. The molecule has 5 fully saturated rings. The van der Waals surface area contributed by atoms with E-state index in [1.165, 1.54) is 44.1 Å². The zero-order chi connectivity index (χ0) is 22.3. The lowest BCUT2D eigenvalue weighted by Gasteiger charge is -2.60. The van der Waals surface area contributed by atoms with Crippen molar-refractivity contribution >= 4 is 0 Å². The summed E-state index contributed by atoms with van der Waals surface area (Å²) in [5.41, 5.74) is 1.41. The van der Waals surface area contributed by atoms with Gasteiger partial charge in [-0.05, 0) is 92.3 Å². The van der Waals surface area contributed by atoms with E-state index in [0.29, 0.717) is 29.6 Å². The van der Waals surface area contributed by atoms with Crippen LogP contribution >= 0.6 is 0 Å². The molecule has 11 atom stereocenters. The van der Waals surface area contributed by atoms with Crippen molar-refractivity contribution in [1.29, 1.82) is 0 Å². The third-order valence-corrected chi connectivity index (χ3v) is 11.6. The predicted octanol–water partition coefficient (Wildman–Crippen LogP) is 5.74. The monoisotopic (exact) mass is 430 g/mol. The molecule has 3 nitrogen and oxygen atoms in total. The molecule has 0 radical (unpaired) electrons. The molecule has 31 heavy (non-hydrogen) atoms. The number of aliphatic hydroxyl groups excluding tert-OH is 2. The van der Waals surface area contributed by atoms with Crippen LogP contribution in [0.1, 0.15) is 92.4 Å². The minimum atomic E-state index is -0.434. The quantitative estimate of drug-likeness (QED) is 0.432. The van der Waals surface area contributed by atoms with Gasteiger partial charge in [-0.2, -0.15) is 0 Å². The molecular formula is C28H46O3. The lowest BCUT2D eigenvalue weighted by molar-refractivity contribution is -0.173. The Hall–Kier alpha value is -0.380. The second-order valence-electron chi connectivity index (χ2n) is 13.1. The summed E-state index contributed by atoms with van der Waals surface area (Å²) in [7, 11) is 0. The minimum Gasteiger partial charge on any atom is -0.393 e. The molecule has 2 N–H and O–H groups in total. The van der Waals surface area contributed by atoms with Crippen LogP contribution in [0.25, 0.3) is 0 Å². The van der Waals surface area contributed by atoms with E-state index in [4.69, 9.17) is 4.74 Å². The van der Waals surface area contributed by atoms with E-state index in [1.54, 1.807) is 0 Å². The molecule has 1 heterocycles. The van der Waals surface area contributed by atoms with Gasteiger partial charge in [0.2, 0.25) is 0 Å². The summed E-state index contributed by atoms with van der Waals surface area (Å²) in [6.07, 6.45) is 9.53.